The Balaban J connectivity index is 1.88. The van der Waals surface area contributed by atoms with Crippen LogP contribution < -0.4 is 10.1 Å². The maximum absolute atomic E-state index is 11.9. The number of hydrogen-bond donors (Lipinski definition) is 2. The number of hydrogen-bond acceptors (Lipinski definition) is 3. The average molecular weight is 343 g/mol. The van der Waals surface area contributed by atoms with Gasteiger partial charge in [-0.15, -0.1) is 0 Å². The lowest BCUT2D eigenvalue weighted by molar-refractivity contribution is -0.139. The Hall–Kier alpha value is -1.76. The second kappa shape index (κ2) is 6.13. The van der Waals surface area contributed by atoms with Crippen LogP contribution in [-0.4, -0.2) is 42.2 Å². The van der Waals surface area contributed by atoms with E-state index < -0.39 is 5.97 Å². The topological polar surface area (TPSA) is 78.9 Å². The zero-order valence-corrected chi connectivity index (χ0v) is 12.5. The molecule has 1 aliphatic rings. The van der Waals surface area contributed by atoms with Crippen molar-refractivity contribution >= 4 is 33.6 Å². The lowest BCUT2D eigenvalue weighted by Gasteiger charge is -2.38. The molecule has 1 aliphatic heterocycles. The molecule has 20 heavy (non-hydrogen) atoms. The van der Waals surface area contributed by atoms with Crippen molar-refractivity contribution in [3.05, 3.63) is 22.7 Å². The number of carbonyl (C=O) groups is 2. The Morgan fingerprint density at radius 3 is 2.80 bits per heavy atom. The third-order valence-electron chi connectivity index (χ3n) is 3.11. The molecule has 1 saturated heterocycles. The van der Waals surface area contributed by atoms with E-state index in [1.165, 1.54) is 0 Å². The molecule has 1 fully saturated rings. The van der Waals surface area contributed by atoms with Gasteiger partial charge in [0, 0.05) is 30.8 Å². The Morgan fingerprint density at radius 2 is 2.20 bits per heavy atom. The summed E-state index contributed by atoms with van der Waals surface area (Å²) in [5.41, 5.74) is 0.636. The number of nitrogens with one attached hydrogen (secondary N) is 1. The predicted octanol–water partition coefficient (Wildman–Crippen LogP) is 2.40. The minimum Gasteiger partial charge on any atom is -0.495 e. The first-order valence-corrected chi connectivity index (χ1v) is 6.90. The van der Waals surface area contributed by atoms with Gasteiger partial charge in [0.25, 0.3) is 0 Å². The first kappa shape index (κ1) is 14.6. The molecule has 108 valence electrons. The van der Waals surface area contributed by atoms with Gasteiger partial charge in [-0.05, 0) is 28.1 Å². The molecule has 0 unspecified atom stereocenters. The quantitative estimate of drug-likeness (QED) is 0.880. The number of methoxy groups -OCH3 is 1. The Morgan fingerprint density at radius 1 is 1.50 bits per heavy atom. The van der Waals surface area contributed by atoms with Crippen LogP contribution in [0.5, 0.6) is 5.75 Å². The van der Waals surface area contributed by atoms with Crippen molar-refractivity contribution in [2.45, 2.75) is 6.42 Å². The van der Waals surface area contributed by atoms with Gasteiger partial charge in [-0.2, -0.15) is 0 Å². The number of carbonyl (C=O) groups excluding carboxylic acids is 1. The fraction of sp³-hybridized carbons (Fsp3) is 0.385. The zero-order chi connectivity index (χ0) is 14.7. The van der Waals surface area contributed by atoms with Gasteiger partial charge in [0.1, 0.15) is 5.75 Å². The molecule has 1 heterocycles. The monoisotopic (exact) mass is 342 g/mol. The second-order valence-electron chi connectivity index (χ2n) is 4.65. The van der Waals surface area contributed by atoms with E-state index in [9.17, 15) is 9.59 Å². The predicted molar refractivity (Wildman–Crippen MR) is 77.0 cm³/mol. The average Bonchev–Trinajstić information content (AvgIpc) is 2.35. The summed E-state index contributed by atoms with van der Waals surface area (Å²) in [4.78, 5) is 24.0. The van der Waals surface area contributed by atoms with Crippen molar-refractivity contribution in [1.82, 2.24) is 4.90 Å². The Kier molecular flexibility index (Phi) is 4.49. The molecule has 0 aliphatic carbocycles. The van der Waals surface area contributed by atoms with E-state index in [1.54, 1.807) is 30.2 Å². The van der Waals surface area contributed by atoms with Gasteiger partial charge in [0.05, 0.1) is 18.0 Å². The molecule has 2 rings (SSSR count). The molecule has 0 spiro atoms. The first-order chi connectivity index (χ1) is 9.49. The molecule has 0 bridgehead atoms. The van der Waals surface area contributed by atoms with Gasteiger partial charge in [0.15, 0.2) is 0 Å². The van der Waals surface area contributed by atoms with E-state index in [0.717, 1.165) is 4.47 Å². The van der Waals surface area contributed by atoms with E-state index in [2.05, 4.69) is 21.2 Å². The van der Waals surface area contributed by atoms with Crippen molar-refractivity contribution in [3.63, 3.8) is 0 Å². The molecular weight excluding hydrogens is 328 g/mol. The largest absolute Gasteiger partial charge is 0.495 e. The molecule has 1 aromatic rings. The van der Waals surface area contributed by atoms with Gasteiger partial charge in [-0.1, -0.05) is 0 Å². The summed E-state index contributed by atoms with van der Waals surface area (Å²) in [5.74, 6) is -0.138. The van der Waals surface area contributed by atoms with Crippen molar-refractivity contribution in [2.24, 2.45) is 5.92 Å². The Labute approximate surface area is 124 Å². The third-order valence-corrected chi connectivity index (χ3v) is 3.77. The normalized spacial score (nSPS) is 14.6. The number of carboxylic acids is 1. The van der Waals surface area contributed by atoms with Gasteiger partial charge in [0.2, 0.25) is 0 Å². The van der Waals surface area contributed by atoms with Crippen LogP contribution in [0.1, 0.15) is 6.42 Å². The van der Waals surface area contributed by atoms with Gasteiger partial charge in [-0.3, -0.25) is 4.79 Å². The number of anilines is 1. The van der Waals surface area contributed by atoms with Gasteiger partial charge in [-0.25, -0.2) is 4.79 Å². The molecule has 0 atom stereocenters. The fourth-order valence-corrected chi connectivity index (χ4v) is 2.46. The van der Waals surface area contributed by atoms with Crippen molar-refractivity contribution in [2.75, 3.05) is 25.5 Å². The number of amides is 2. The molecule has 1 aromatic carbocycles. The summed E-state index contributed by atoms with van der Waals surface area (Å²) in [6.07, 6.45) is 0.107. The summed E-state index contributed by atoms with van der Waals surface area (Å²) in [7, 11) is 1.55. The van der Waals surface area contributed by atoms with Crippen LogP contribution >= 0.6 is 15.9 Å². The highest BCUT2D eigenvalue weighted by atomic mass is 79.9. The fourth-order valence-electron chi connectivity index (χ4n) is 2.05. The number of ether oxygens (including phenoxy) is 1. The molecule has 6 nitrogen and oxygen atoms in total. The van der Waals surface area contributed by atoms with Crippen LogP contribution in [0.3, 0.4) is 0 Å². The standard InChI is InChI=1S/C13H15BrN2O4/c1-20-11-5-9(2-3-10(11)14)15-13(19)16-6-8(7-16)4-12(17)18/h2-3,5,8H,4,6-7H2,1H3,(H,15,19)(H,17,18). The molecule has 0 radical (unpaired) electrons. The lowest BCUT2D eigenvalue weighted by atomic mass is 9.97. The van der Waals surface area contributed by atoms with E-state index >= 15 is 0 Å². The smallest absolute Gasteiger partial charge is 0.321 e. The maximum atomic E-state index is 11.9. The first-order valence-electron chi connectivity index (χ1n) is 6.11. The maximum Gasteiger partial charge on any atom is 0.321 e. The summed E-state index contributed by atoms with van der Waals surface area (Å²) in [6.45, 7) is 0.956. The number of carboxylic acid groups (broad SMARTS) is 1. The van der Waals surface area contributed by atoms with Crippen molar-refractivity contribution < 1.29 is 19.4 Å². The number of nitrogens with zero attached hydrogens (tertiary/aromatic N) is 1. The number of rotatable bonds is 4. The Bertz CT molecular complexity index is 529. The number of urea groups is 1. The van der Waals surface area contributed by atoms with Crippen LogP contribution in [0.25, 0.3) is 0 Å². The number of aliphatic carboxylic acids is 1. The third kappa shape index (κ3) is 3.41. The molecule has 0 saturated carbocycles. The molecule has 2 N–H and O–H groups in total. The SMILES string of the molecule is COc1cc(NC(=O)N2CC(CC(=O)O)C2)ccc1Br. The number of likely N-dealkylation sites (tertiary alicyclic amines) is 1. The molecule has 7 heteroatoms. The molecular formula is C13H15BrN2O4. The highest BCUT2D eigenvalue weighted by Gasteiger charge is 2.32. The number of halogens is 1. The van der Waals surface area contributed by atoms with Crippen LogP contribution in [0.4, 0.5) is 10.5 Å². The minimum absolute atomic E-state index is 0.0534. The van der Waals surface area contributed by atoms with Gasteiger partial charge >= 0.3 is 12.0 Å². The number of benzene rings is 1. The van der Waals surface area contributed by atoms with E-state index in [-0.39, 0.29) is 18.4 Å². The van der Waals surface area contributed by atoms with Gasteiger partial charge < -0.3 is 20.1 Å². The summed E-state index contributed by atoms with van der Waals surface area (Å²) >= 11 is 3.34. The lowest BCUT2D eigenvalue weighted by Crippen LogP contribution is -2.52. The molecule has 0 aromatic heterocycles. The zero-order valence-electron chi connectivity index (χ0n) is 10.9. The van der Waals surface area contributed by atoms with Crippen LogP contribution in [0.2, 0.25) is 0 Å². The van der Waals surface area contributed by atoms with E-state index in [0.29, 0.717) is 24.5 Å². The van der Waals surface area contributed by atoms with Crippen LogP contribution in [0, 0.1) is 5.92 Å². The van der Waals surface area contributed by atoms with E-state index in [4.69, 9.17) is 9.84 Å². The van der Waals surface area contributed by atoms with Crippen LogP contribution in [0.15, 0.2) is 22.7 Å². The highest BCUT2D eigenvalue weighted by Crippen LogP contribution is 2.28. The highest BCUT2D eigenvalue weighted by molar-refractivity contribution is 9.10. The van der Waals surface area contributed by atoms with E-state index in [1.807, 2.05) is 0 Å². The second-order valence-corrected chi connectivity index (χ2v) is 5.50. The van der Waals surface area contributed by atoms with Crippen molar-refractivity contribution in [3.8, 4) is 5.75 Å². The summed E-state index contributed by atoms with van der Waals surface area (Å²) < 4.78 is 5.96. The molecule has 2 amide bonds. The minimum atomic E-state index is -0.826. The van der Waals surface area contributed by atoms with Crippen LogP contribution in [-0.2, 0) is 4.79 Å². The summed E-state index contributed by atoms with van der Waals surface area (Å²) in [5, 5.41) is 11.4. The summed E-state index contributed by atoms with van der Waals surface area (Å²) in [6, 6.07) is 5.05. The van der Waals surface area contributed by atoms with Crippen molar-refractivity contribution in [1.29, 1.82) is 0 Å².